The van der Waals surface area contributed by atoms with Crippen LogP contribution in [0.15, 0.2) is 29.7 Å². The van der Waals surface area contributed by atoms with E-state index in [9.17, 15) is 4.79 Å². The molecule has 0 bridgehead atoms. The van der Waals surface area contributed by atoms with Gasteiger partial charge in [-0.05, 0) is 37.8 Å². The molecule has 2 heterocycles. The molecule has 7 heteroatoms. The van der Waals surface area contributed by atoms with Crippen LogP contribution in [0.1, 0.15) is 52.9 Å². The highest BCUT2D eigenvalue weighted by molar-refractivity contribution is 8.00. The van der Waals surface area contributed by atoms with Crippen LogP contribution in [0.2, 0.25) is 0 Å². The number of nitrogens with zero attached hydrogens (tertiary/aromatic N) is 4. The highest BCUT2D eigenvalue weighted by Crippen LogP contribution is 2.28. The Labute approximate surface area is 165 Å². The minimum Gasteiger partial charge on any atom is -0.352 e. The van der Waals surface area contributed by atoms with Gasteiger partial charge in [0.1, 0.15) is 0 Å². The number of hydrogen-bond donors (Lipinski definition) is 1. The standard InChI is InChI=1S/C20H29N5OS/c1-14(2)13-25-18(16-9-11-21-12-10-16)23-24-20(25)27-15(3)19(26)22-17-7-5-4-6-8-17/h9-12,14-15,17H,4-8,13H2,1-3H3,(H,22,26)/t15-/m1/s1. The van der Waals surface area contributed by atoms with Crippen molar-refractivity contribution in [2.24, 2.45) is 5.92 Å². The molecule has 0 aromatic carbocycles. The quantitative estimate of drug-likeness (QED) is 0.729. The summed E-state index contributed by atoms with van der Waals surface area (Å²) in [5.41, 5.74) is 0.990. The molecule has 2 aromatic heterocycles. The normalized spacial score (nSPS) is 16.4. The van der Waals surface area contributed by atoms with Crippen molar-refractivity contribution in [3.63, 3.8) is 0 Å². The number of thioether (sulfide) groups is 1. The van der Waals surface area contributed by atoms with Gasteiger partial charge in [0.2, 0.25) is 5.91 Å². The van der Waals surface area contributed by atoms with E-state index in [0.717, 1.165) is 35.9 Å². The lowest BCUT2D eigenvalue weighted by Crippen LogP contribution is -2.40. The van der Waals surface area contributed by atoms with Gasteiger partial charge in [-0.25, -0.2) is 0 Å². The molecule has 146 valence electrons. The average molecular weight is 388 g/mol. The lowest BCUT2D eigenvalue weighted by molar-refractivity contribution is -0.121. The van der Waals surface area contributed by atoms with E-state index in [4.69, 9.17) is 0 Å². The van der Waals surface area contributed by atoms with Gasteiger partial charge in [0.15, 0.2) is 11.0 Å². The predicted molar refractivity (Wildman–Crippen MR) is 108 cm³/mol. The Balaban J connectivity index is 1.73. The first-order chi connectivity index (χ1) is 13.0. The van der Waals surface area contributed by atoms with E-state index >= 15 is 0 Å². The van der Waals surface area contributed by atoms with E-state index in [-0.39, 0.29) is 11.2 Å². The van der Waals surface area contributed by atoms with Crippen molar-refractivity contribution in [1.29, 1.82) is 0 Å². The van der Waals surface area contributed by atoms with Crippen molar-refractivity contribution < 1.29 is 4.79 Å². The number of rotatable bonds is 7. The molecule has 2 aromatic rings. The highest BCUT2D eigenvalue weighted by atomic mass is 32.2. The third-order valence-electron chi connectivity index (χ3n) is 4.81. The lowest BCUT2D eigenvalue weighted by Gasteiger charge is -2.24. The van der Waals surface area contributed by atoms with Crippen molar-refractivity contribution in [1.82, 2.24) is 25.1 Å². The summed E-state index contributed by atoms with van der Waals surface area (Å²) in [4.78, 5) is 16.7. The van der Waals surface area contributed by atoms with Crippen molar-refractivity contribution in [3.05, 3.63) is 24.5 Å². The summed E-state index contributed by atoms with van der Waals surface area (Å²) >= 11 is 1.49. The lowest BCUT2D eigenvalue weighted by atomic mass is 9.95. The molecule has 0 aliphatic heterocycles. The number of amides is 1. The molecule has 1 aliphatic carbocycles. The molecule has 1 N–H and O–H groups in total. The first-order valence-electron chi connectivity index (χ1n) is 9.85. The zero-order chi connectivity index (χ0) is 19.2. The Bertz CT molecular complexity index is 740. The first-order valence-corrected chi connectivity index (χ1v) is 10.7. The number of aromatic nitrogens is 4. The summed E-state index contributed by atoms with van der Waals surface area (Å²) in [6, 6.07) is 4.21. The molecule has 1 saturated carbocycles. The van der Waals surface area contributed by atoms with Gasteiger partial charge < -0.3 is 9.88 Å². The maximum atomic E-state index is 12.6. The summed E-state index contributed by atoms with van der Waals surface area (Å²) in [6.07, 6.45) is 9.42. The predicted octanol–water partition coefficient (Wildman–Crippen LogP) is 3.93. The molecule has 27 heavy (non-hydrogen) atoms. The SMILES string of the molecule is CC(C)Cn1c(S[C@H](C)C(=O)NC2CCCCC2)nnc1-c1ccncc1. The van der Waals surface area contributed by atoms with E-state index in [1.54, 1.807) is 12.4 Å². The second kappa shape index (κ2) is 9.35. The zero-order valence-electron chi connectivity index (χ0n) is 16.4. The third-order valence-corrected chi connectivity index (χ3v) is 5.89. The molecular weight excluding hydrogens is 358 g/mol. The van der Waals surface area contributed by atoms with Gasteiger partial charge >= 0.3 is 0 Å². The Morgan fingerprint density at radius 3 is 2.56 bits per heavy atom. The van der Waals surface area contributed by atoms with Crippen LogP contribution < -0.4 is 5.32 Å². The van der Waals surface area contributed by atoms with Crippen LogP contribution in [0, 0.1) is 5.92 Å². The molecule has 1 atom stereocenters. The van der Waals surface area contributed by atoms with Crippen molar-refractivity contribution in [3.8, 4) is 11.4 Å². The molecule has 0 radical (unpaired) electrons. The Kier molecular flexibility index (Phi) is 6.88. The molecular formula is C20H29N5OS. The van der Waals surface area contributed by atoms with Gasteiger partial charge in [-0.3, -0.25) is 9.78 Å². The van der Waals surface area contributed by atoms with Crippen LogP contribution in [0.5, 0.6) is 0 Å². The summed E-state index contributed by atoms with van der Waals surface area (Å²) in [7, 11) is 0. The van der Waals surface area contributed by atoms with Crippen LogP contribution in [-0.2, 0) is 11.3 Å². The Hall–Kier alpha value is -1.89. The van der Waals surface area contributed by atoms with Crippen LogP contribution in [0.4, 0.5) is 0 Å². The van der Waals surface area contributed by atoms with Crippen LogP contribution in [0.3, 0.4) is 0 Å². The molecule has 3 rings (SSSR count). The van der Waals surface area contributed by atoms with Crippen molar-refractivity contribution in [2.75, 3.05) is 0 Å². The van der Waals surface area contributed by atoms with Crippen molar-refractivity contribution in [2.45, 2.75) is 75.9 Å². The summed E-state index contributed by atoms with van der Waals surface area (Å²) in [5.74, 6) is 1.37. The van der Waals surface area contributed by atoms with Gasteiger partial charge in [0.05, 0.1) is 5.25 Å². The summed E-state index contributed by atoms with van der Waals surface area (Å²) in [6.45, 7) is 7.10. The van der Waals surface area contributed by atoms with Crippen molar-refractivity contribution >= 4 is 17.7 Å². The van der Waals surface area contributed by atoms with Gasteiger partial charge in [-0.1, -0.05) is 44.9 Å². The topological polar surface area (TPSA) is 72.7 Å². The minimum absolute atomic E-state index is 0.0939. The molecule has 1 fully saturated rings. The van der Waals surface area contributed by atoms with Gasteiger partial charge in [-0.2, -0.15) is 0 Å². The second-order valence-corrected chi connectivity index (χ2v) is 8.96. The Morgan fingerprint density at radius 2 is 1.89 bits per heavy atom. The smallest absolute Gasteiger partial charge is 0.233 e. The maximum Gasteiger partial charge on any atom is 0.233 e. The fourth-order valence-electron chi connectivity index (χ4n) is 3.40. The number of carbonyl (C=O) groups excluding carboxylic acids is 1. The second-order valence-electron chi connectivity index (χ2n) is 7.65. The number of hydrogen-bond acceptors (Lipinski definition) is 5. The molecule has 0 unspecified atom stereocenters. The van der Waals surface area contributed by atoms with E-state index in [0.29, 0.717) is 12.0 Å². The zero-order valence-corrected chi connectivity index (χ0v) is 17.2. The maximum absolute atomic E-state index is 12.6. The highest BCUT2D eigenvalue weighted by Gasteiger charge is 2.23. The van der Waals surface area contributed by atoms with E-state index in [1.165, 1.54) is 31.0 Å². The van der Waals surface area contributed by atoms with Crippen LogP contribution in [-0.4, -0.2) is 36.9 Å². The van der Waals surface area contributed by atoms with E-state index < -0.39 is 0 Å². The molecule has 0 saturated heterocycles. The minimum atomic E-state index is -0.202. The van der Waals surface area contributed by atoms with Gasteiger partial charge in [0, 0.05) is 30.5 Å². The van der Waals surface area contributed by atoms with Gasteiger partial charge in [-0.15, -0.1) is 10.2 Å². The molecule has 1 amide bonds. The third kappa shape index (κ3) is 5.31. The molecule has 6 nitrogen and oxygen atoms in total. The first kappa shape index (κ1) is 19.9. The Morgan fingerprint density at radius 1 is 1.19 bits per heavy atom. The van der Waals surface area contributed by atoms with Crippen LogP contribution in [0.25, 0.3) is 11.4 Å². The monoisotopic (exact) mass is 387 g/mol. The van der Waals surface area contributed by atoms with Crippen LogP contribution >= 0.6 is 11.8 Å². The van der Waals surface area contributed by atoms with E-state index in [2.05, 4.69) is 38.9 Å². The number of pyridine rings is 1. The number of nitrogens with one attached hydrogen (secondary N) is 1. The number of carbonyl (C=O) groups is 1. The largest absolute Gasteiger partial charge is 0.352 e. The van der Waals surface area contributed by atoms with Gasteiger partial charge in [0.25, 0.3) is 0 Å². The molecule has 1 aliphatic rings. The molecule has 0 spiro atoms. The fraction of sp³-hybridized carbons (Fsp3) is 0.600. The van der Waals surface area contributed by atoms with E-state index in [1.807, 2.05) is 19.1 Å². The summed E-state index contributed by atoms with van der Waals surface area (Å²) < 4.78 is 2.12. The summed E-state index contributed by atoms with van der Waals surface area (Å²) in [5, 5.41) is 12.6. The average Bonchev–Trinajstić information content (AvgIpc) is 3.05. The fourth-order valence-corrected chi connectivity index (χ4v) is 4.26.